The first-order valence-electron chi connectivity index (χ1n) is 4.96. The molecule has 6 nitrogen and oxygen atoms in total. The van der Waals surface area contributed by atoms with E-state index < -0.39 is 0 Å². The summed E-state index contributed by atoms with van der Waals surface area (Å²) in [6, 6.07) is 3.71. The van der Waals surface area contributed by atoms with E-state index in [0.29, 0.717) is 16.4 Å². The average molecular weight is 247 g/mol. The van der Waals surface area contributed by atoms with E-state index >= 15 is 0 Å². The third kappa shape index (κ3) is 1.80. The molecule has 0 saturated heterocycles. The SMILES string of the molecule is Cn1cc(-c2ccc(-c3nc(=S)[nH][nH]3)o2)cn1. The predicted molar refractivity (Wildman–Crippen MR) is 63.7 cm³/mol. The number of nitrogens with one attached hydrogen (secondary N) is 2. The molecule has 0 bridgehead atoms. The molecule has 0 spiro atoms. The minimum absolute atomic E-state index is 0.402. The number of nitrogens with zero attached hydrogens (tertiary/aromatic N) is 3. The highest BCUT2D eigenvalue weighted by molar-refractivity contribution is 7.71. The first-order valence-corrected chi connectivity index (χ1v) is 5.37. The Morgan fingerprint density at radius 3 is 2.76 bits per heavy atom. The van der Waals surface area contributed by atoms with Crippen LogP contribution in [0.25, 0.3) is 22.9 Å². The quantitative estimate of drug-likeness (QED) is 0.680. The maximum Gasteiger partial charge on any atom is 0.213 e. The standard InChI is InChI=1S/C10H9N5OS/c1-15-5-6(4-11-15)7-2-3-8(16-7)9-12-10(17)14-13-9/h2-5H,1H3,(H2,12,13,14,17). The minimum Gasteiger partial charge on any atom is -0.453 e. The monoisotopic (exact) mass is 247 g/mol. The summed E-state index contributed by atoms with van der Waals surface area (Å²) in [5, 5.41) is 9.65. The number of H-pyrrole nitrogens is 2. The van der Waals surface area contributed by atoms with Crippen molar-refractivity contribution in [2.24, 2.45) is 7.05 Å². The molecule has 0 fully saturated rings. The predicted octanol–water partition coefficient (Wildman–Crippen LogP) is 2.13. The number of aromatic amines is 2. The Morgan fingerprint density at radius 1 is 1.29 bits per heavy atom. The molecular weight excluding hydrogens is 238 g/mol. The summed E-state index contributed by atoms with van der Waals surface area (Å²) in [6.07, 6.45) is 3.63. The van der Waals surface area contributed by atoms with Crippen LogP contribution in [0, 0.1) is 4.77 Å². The topological polar surface area (TPSA) is 75.4 Å². The molecule has 0 amide bonds. The van der Waals surface area contributed by atoms with Gasteiger partial charge in [-0.3, -0.25) is 14.9 Å². The molecule has 0 aliphatic heterocycles. The molecule has 86 valence electrons. The van der Waals surface area contributed by atoms with Crippen molar-refractivity contribution in [3.63, 3.8) is 0 Å². The Hall–Kier alpha value is -2.15. The van der Waals surface area contributed by atoms with Gasteiger partial charge in [-0.1, -0.05) is 0 Å². The molecule has 0 aromatic carbocycles. The lowest BCUT2D eigenvalue weighted by atomic mass is 10.3. The van der Waals surface area contributed by atoms with Crippen LogP contribution in [0.3, 0.4) is 0 Å². The van der Waals surface area contributed by atoms with Gasteiger partial charge in [0.15, 0.2) is 11.6 Å². The zero-order chi connectivity index (χ0) is 11.8. The fraction of sp³-hybridized carbons (Fsp3) is 0.100. The van der Waals surface area contributed by atoms with E-state index in [9.17, 15) is 0 Å². The number of aromatic nitrogens is 5. The van der Waals surface area contributed by atoms with Crippen LogP contribution in [-0.2, 0) is 7.05 Å². The van der Waals surface area contributed by atoms with E-state index in [2.05, 4.69) is 20.3 Å². The molecule has 3 rings (SSSR count). The fourth-order valence-electron chi connectivity index (χ4n) is 1.56. The van der Waals surface area contributed by atoms with Gasteiger partial charge in [0.25, 0.3) is 0 Å². The van der Waals surface area contributed by atoms with E-state index in [4.69, 9.17) is 16.6 Å². The molecule has 17 heavy (non-hydrogen) atoms. The Bertz CT molecular complexity index is 704. The van der Waals surface area contributed by atoms with Crippen LogP contribution in [-0.4, -0.2) is 25.0 Å². The number of aryl methyl sites for hydroxylation is 1. The molecular formula is C10H9N5OS. The van der Waals surface area contributed by atoms with Crippen LogP contribution in [0.15, 0.2) is 28.9 Å². The van der Waals surface area contributed by atoms with Crippen molar-refractivity contribution in [3.05, 3.63) is 29.3 Å². The van der Waals surface area contributed by atoms with E-state index in [1.165, 1.54) is 0 Å². The number of furan rings is 1. The average Bonchev–Trinajstić information content (AvgIpc) is 2.96. The maximum atomic E-state index is 5.67. The zero-order valence-corrected chi connectivity index (χ0v) is 9.78. The molecule has 3 aromatic heterocycles. The van der Waals surface area contributed by atoms with E-state index in [1.54, 1.807) is 10.9 Å². The molecule has 0 aliphatic rings. The molecule has 2 N–H and O–H groups in total. The van der Waals surface area contributed by atoms with Crippen LogP contribution >= 0.6 is 12.2 Å². The van der Waals surface area contributed by atoms with Gasteiger partial charge in [-0.2, -0.15) is 10.1 Å². The summed E-state index contributed by atoms with van der Waals surface area (Å²) in [5.74, 6) is 1.97. The molecule has 3 heterocycles. The summed E-state index contributed by atoms with van der Waals surface area (Å²) in [5.41, 5.74) is 0.924. The van der Waals surface area contributed by atoms with Gasteiger partial charge < -0.3 is 4.42 Å². The second-order valence-electron chi connectivity index (χ2n) is 3.58. The summed E-state index contributed by atoms with van der Waals surface area (Å²) in [4.78, 5) is 4.08. The molecule has 0 radical (unpaired) electrons. The van der Waals surface area contributed by atoms with Crippen molar-refractivity contribution in [1.82, 2.24) is 25.0 Å². The number of hydrogen-bond acceptors (Lipinski definition) is 4. The Balaban J connectivity index is 2.00. The van der Waals surface area contributed by atoms with Crippen molar-refractivity contribution in [2.75, 3.05) is 0 Å². The van der Waals surface area contributed by atoms with Crippen LogP contribution < -0.4 is 0 Å². The second-order valence-corrected chi connectivity index (χ2v) is 3.97. The third-order valence-corrected chi connectivity index (χ3v) is 2.52. The molecule has 0 unspecified atom stereocenters. The highest BCUT2D eigenvalue weighted by atomic mass is 32.1. The summed E-state index contributed by atoms with van der Waals surface area (Å²) < 4.78 is 7.79. The van der Waals surface area contributed by atoms with E-state index in [-0.39, 0.29) is 0 Å². The van der Waals surface area contributed by atoms with Crippen molar-refractivity contribution < 1.29 is 4.42 Å². The van der Waals surface area contributed by atoms with Gasteiger partial charge in [-0.25, -0.2) is 0 Å². The fourth-order valence-corrected chi connectivity index (χ4v) is 1.70. The lowest BCUT2D eigenvalue weighted by Crippen LogP contribution is -1.83. The largest absolute Gasteiger partial charge is 0.453 e. The number of rotatable bonds is 2. The third-order valence-electron chi connectivity index (χ3n) is 2.33. The lowest BCUT2D eigenvalue weighted by molar-refractivity contribution is 0.592. The van der Waals surface area contributed by atoms with Gasteiger partial charge in [0, 0.05) is 13.2 Å². The summed E-state index contributed by atoms with van der Waals surface area (Å²) >= 11 is 4.88. The van der Waals surface area contributed by atoms with E-state index in [1.807, 2.05) is 25.4 Å². The second kappa shape index (κ2) is 3.70. The smallest absolute Gasteiger partial charge is 0.213 e. The van der Waals surface area contributed by atoms with Crippen LogP contribution in [0.2, 0.25) is 0 Å². The highest BCUT2D eigenvalue weighted by Gasteiger charge is 2.09. The van der Waals surface area contributed by atoms with Gasteiger partial charge in [-0.05, 0) is 24.4 Å². The minimum atomic E-state index is 0.402. The van der Waals surface area contributed by atoms with Gasteiger partial charge in [-0.15, -0.1) is 0 Å². The summed E-state index contributed by atoms with van der Waals surface area (Å²) in [7, 11) is 1.86. The Kier molecular flexibility index (Phi) is 2.19. The maximum absolute atomic E-state index is 5.67. The van der Waals surface area contributed by atoms with Crippen molar-refractivity contribution in [1.29, 1.82) is 0 Å². The molecule has 0 atom stereocenters. The van der Waals surface area contributed by atoms with Crippen molar-refractivity contribution >= 4 is 12.2 Å². The van der Waals surface area contributed by atoms with Gasteiger partial charge >= 0.3 is 0 Å². The lowest BCUT2D eigenvalue weighted by Gasteiger charge is -1.90. The Morgan fingerprint density at radius 2 is 2.12 bits per heavy atom. The van der Waals surface area contributed by atoms with Gasteiger partial charge in [0.1, 0.15) is 5.76 Å². The Labute approximate surface area is 101 Å². The molecule has 3 aromatic rings. The zero-order valence-electron chi connectivity index (χ0n) is 8.97. The van der Waals surface area contributed by atoms with Crippen LogP contribution in [0.1, 0.15) is 0 Å². The summed E-state index contributed by atoms with van der Waals surface area (Å²) in [6.45, 7) is 0. The first kappa shape index (κ1) is 10.0. The van der Waals surface area contributed by atoms with Crippen LogP contribution in [0.5, 0.6) is 0 Å². The molecule has 0 saturated carbocycles. The normalized spacial score (nSPS) is 10.9. The van der Waals surface area contributed by atoms with Gasteiger partial charge in [0.2, 0.25) is 4.77 Å². The van der Waals surface area contributed by atoms with Crippen molar-refractivity contribution in [3.8, 4) is 22.9 Å². The molecule has 0 aliphatic carbocycles. The molecule has 7 heteroatoms. The van der Waals surface area contributed by atoms with Crippen molar-refractivity contribution in [2.45, 2.75) is 0 Å². The number of hydrogen-bond donors (Lipinski definition) is 2. The van der Waals surface area contributed by atoms with E-state index in [0.717, 1.165) is 11.3 Å². The first-order chi connectivity index (χ1) is 8.22. The highest BCUT2D eigenvalue weighted by Crippen LogP contribution is 2.25. The van der Waals surface area contributed by atoms with Gasteiger partial charge in [0.05, 0.1) is 11.8 Å². The van der Waals surface area contributed by atoms with Crippen LogP contribution in [0.4, 0.5) is 0 Å².